The Labute approximate surface area is 129 Å². The Kier molecular flexibility index (Phi) is 5.89. The molecule has 0 spiro atoms. The highest BCUT2D eigenvalue weighted by Crippen LogP contribution is 2.13. The lowest BCUT2D eigenvalue weighted by Crippen LogP contribution is -2.47. The molecule has 1 aliphatic heterocycles. The van der Waals surface area contributed by atoms with Crippen LogP contribution in [0.5, 0.6) is 0 Å². The molecule has 2 rings (SSSR count). The molecule has 22 heavy (non-hydrogen) atoms. The number of carbonyl (C=O) groups excluding carboxylic acids is 2. The summed E-state index contributed by atoms with van der Waals surface area (Å²) < 4.78 is 17.6. The van der Waals surface area contributed by atoms with Crippen LogP contribution in [0.1, 0.15) is 18.4 Å². The summed E-state index contributed by atoms with van der Waals surface area (Å²) in [6.45, 7) is 1.31. The predicted octanol–water partition coefficient (Wildman–Crippen LogP) is 1.12. The second kappa shape index (κ2) is 7.89. The van der Waals surface area contributed by atoms with Crippen LogP contribution in [0.4, 0.5) is 4.39 Å². The lowest BCUT2D eigenvalue weighted by molar-refractivity contribution is -0.131. The van der Waals surface area contributed by atoms with E-state index < -0.39 is 0 Å². The fourth-order valence-electron chi connectivity index (χ4n) is 2.56. The van der Waals surface area contributed by atoms with Crippen molar-refractivity contribution in [2.24, 2.45) is 0 Å². The SMILES string of the molecule is COCC(=O)NC1CCN(C(=O)Cc2ccc(F)cc2)CC1. The third-order valence-electron chi connectivity index (χ3n) is 3.76. The van der Waals surface area contributed by atoms with Crippen molar-refractivity contribution in [2.75, 3.05) is 26.8 Å². The van der Waals surface area contributed by atoms with Gasteiger partial charge < -0.3 is 15.0 Å². The highest BCUT2D eigenvalue weighted by atomic mass is 19.1. The van der Waals surface area contributed by atoms with Gasteiger partial charge in [0.1, 0.15) is 12.4 Å². The van der Waals surface area contributed by atoms with Crippen molar-refractivity contribution in [1.82, 2.24) is 10.2 Å². The Morgan fingerprint density at radius 3 is 2.50 bits per heavy atom. The molecule has 1 N–H and O–H groups in total. The first-order valence-electron chi connectivity index (χ1n) is 7.39. The summed E-state index contributed by atoms with van der Waals surface area (Å²) >= 11 is 0. The number of hydrogen-bond donors (Lipinski definition) is 1. The van der Waals surface area contributed by atoms with Crippen LogP contribution in [0, 0.1) is 5.82 Å². The van der Waals surface area contributed by atoms with Crippen LogP contribution in [0.2, 0.25) is 0 Å². The van der Waals surface area contributed by atoms with E-state index in [1.165, 1.54) is 19.2 Å². The number of likely N-dealkylation sites (tertiary alicyclic amines) is 1. The average molecular weight is 308 g/mol. The van der Waals surface area contributed by atoms with Crippen molar-refractivity contribution in [2.45, 2.75) is 25.3 Å². The van der Waals surface area contributed by atoms with Crippen LogP contribution in [0.3, 0.4) is 0 Å². The smallest absolute Gasteiger partial charge is 0.246 e. The number of methoxy groups -OCH3 is 1. The quantitative estimate of drug-likeness (QED) is 0.887. The molecule has 1 saturated heterocycles. The first kappa shape index (κ1) is 16.4. The van der Waals surface area contributed by atoms with Crippen molar-refractivity contribution in [3.63, 3.8) is 0 Å². The molecule has 0 unspecified atom stereocenters. The minimum Gasteiger partial charge on any atom is -0.375 e. The van der Waals surface area contributed by atoms with Crippen LogP contribution >= 0.6 is 0 Å². The first-order chi connectivity index (χ1) is 10.6. The van der Waals surface area contributed by atoms with E-state index in [1.54, 1.807) is 17.0 Å². The average Bonchev–Trinajstić information content (AvgIpc) is 2.50. The van der Waals surface area contributed by atoms with E-state index in [-0.39, 0.29) is 36.7 Å². The van der Waals surface area contributed by atoms with Gasteiger partial charge in [0.2, 0.25) is 11.8 Å². The van der Waals surface area contributed by atoms with E-state index >= 15 is 0 Å². The molecule has 1 aromatic carbocycles. The Hall–Kier alpha value is -1.95. The lowest BCUT2D eigenvalue weighted by Gasteiger charge is -2.32. The minimum absolute atomic E-state index is 0.0354. The molecule has 0 aromatic heterocycles. The van der Waals surface area contributed by atoms with Crippen LogP contribution in [-0.4, -0.2) is 49.6 Å². The number of nitrogens with zero attached hydrogens (tertiary/aromatic N) is 1. The van der Waals surface area contributed by atoms with E-state index in [0.717, 1.165) is 18.4 Å². The zero-order valence-corrected chi connectivity index (χ0v) is 12.7. The summed E-state index contributed by atoms with van der Waals surface area (Å²) in [7, 11) is 1.48. The molecule has 0 bridgehead atoms. The van der Waals surface area contributed by atoms with Gasteiger partial charge in [-0.1, -0.05) is 12.1 Å². The van der Waals surface area contributed by atoms with Crippen molar-refractivity contribution in [1.29, 1.82) is 0 Å². The van der Waals surface area contributed by atoms with Crippen LogP contribution in [0.25, 0.3) is 0 Å². The third kappa shape index (κ3) is 4.80. The number of halogens is 1. The number of nitrogens with one attached hydrogen (secondary N) is 1. The number of rotatable bonds is 5. The maximum atomic E-state index is 12.8. The van der Waals surface area contributed by atoms with E-state index in [1.807, 2.05) is 0 Å². The van der Waals surface area contributed by atoms with E-state index in [0.29, 0.717) is 13.1 Å². The monoisotopic (exact) mass is 308 g/mol. The van der Waals surface area contributed by atoms with Gasteiger partial charge in [-0.3, -0.25) is 9.59 Å². The maximum absolute atomic E-state index is 12.8. The normalized spacial score (nSPS) is 15.6. The van der Waals surface area contributed by atoms with Gasteiger partial charge in [0.05, 0.1) is 6.42 Å². The third-order valence-corrected chi connectivity index (χ3v) is 3.76. The molecule has 1 aromatic rings. The second-order valence-corrected chi connectivity index (χ2v) is 5.46. The van der Waals surface area contributed by atoms with Gasteiger partial charge in [-0.2, -0.15) is 0 Å². The summed E-state index contributed by atoms with van der Waals surface area (Å²) in [6.07, 6.45) is 1.76. The molecule has 5 nitrogen and oxygen atoms in total. The van der Waals surface area contributed by atoms with Crippen molar-refractivity contribution < 1.29 is 18.7 Å². The molecule has 1 aliphatic rings. The summed E-state index contributed by atoms with van der Waals surface area (Å²) in [4.78, 5) is 25.5. The molecule has 0 aliphatic carbocycles. The predicted molar refractivity (Wildman–Crippen MR) is 79.7 cm³/mol. The van der Waals surface area contributed by atoms with Gasteiger partial charge in [0, 0.05) is 26.2 Å². The van der Waals surface area contributed by atoms with Gasteiger partial charge >= 0.3 is 0 Å². The Morgan fingerprint density at radius 2 is 1.91 bits per heavy atom. The largest absolute Gasteiger partial charge is 0.375 e. The van der Waals surface area contributed by atoms with Crippen molar-refractivity contribution in [3.8, 4) is 0 Å². The topological polar surface area (TPSA) is 58.6 Å². The van der Waals surface area contributed by atoms with Crippen molar-refractivity contribution >= 4 is 11.8 Å². The highest BCUT2D eigenvalue weighted by molar-refractivity contribution is 5.79. The van der Waals surface area contributed by atoms with Crippen LogP contribution < -0.4 is 5.32 Å². The summed E-state index contributed by atoms with van der Waals surface area (Å²) in [5.41, 5.74) is 0.807. The molecular weight excluding hydrogens is 287 g/mol. The molecule has 0 saturated carbocycles. The van der Waals surface area contributed by atoms with E-state index in [9.17, 15) is 14.0 Å². The summed E-state index contributed by atoms with van der Waals surface area (Å²) in [5.74, 6) is -0.393. The Morgan fingerprint density at radius 1 is 1.27 bits per heavy atom. The van der Waals surface area contributed by atoms with Gasteiger partial charge in [-0.25, -0.2) is 4.39 Å². The van der Waals surface area contributed by atoms with Gasteiger partial charge in [-0.05, 0) is 30.5 Å². The molecule has 0 radical (unpaired) electrons. The first-order valence-corrected chi connectivity index (χ1v) is 7.39. The van der Waals surface area contributed by atoms with E-state index in [2.05, 4.69) is 5.32 Å². The summed E-state index contributed by atoms with van der Waals surface area (Å²) in [6, 6.07) is 6.08. The fourth-order valence-corrected chi connectivity index (χ4v) is 2.56. The van der Waals surface area contributed by atoms with Gasteiger partial charge in [0.15, 0.2) is 0 Å². The zero-order chi connectivity index (χ0) is 15.9. The van der Waals surface area contributed by atoms with Gasteiger partial charge in [0.25, 0.3) is 0 Å². The van der Waals surface area contributed by atoms with Crippen LogP contribution in [0.15, 0.2) is 24.3 Å². The maximum Gasteiger partial charge on any atom is 0.246 e. The van der Waals surface area contributed by atoms with Crippen LogP contribution in [-0.2, 0) is 20.7 Å². The molecule has 6 heteroatoms. The molecule has 2 amide bonds. The van der Waals surface area contributed by atoms with E-state index in [4.69, 9.17) is 4.74 Å². The summed E-state index contributed by atoms with van der Waals surface area (Å²) in [5, 5.41) is 2.89. The fraction of sp³-hybridized carbons (Fsp3) is 0.500. The molecule has 120 valence electrons. The number of piperidine rings is 1. The molecule has 0 atom stereocenters. The minimum atomic E-state index is -0.302. The number of carbonyl (C=O) groups is 2. The molecule has 1 fully saturated rings. The Balaban J connectivity index is 1.77. The number of amides is 2. The number of benzene rings is 1. The lowest BCUT2D eigenvalue weighted by atomic mass is 10.0. The Bertz CT molecular complexity index is 511. The van der Waals surface area contributed by atoms with Crippen molar-refractivity contribution in [3.05, 3.63) is 35.6 Å². The standard InChI is InChI=1S/C16H21FN2O3/c1-22-11-15(20)18-14-6-8-19(9-7-14)16(21)10-12-2-4-13(17)5-3-12/h2-5,14H,6-11H2,1H3,(H,18,20). The molecule has 1 heterocycles. The number of ether oxygens (including phenoxy) is 1. The number of hydrogen-bond acceptors (Lipinski definition) is 3. The highest BCUT2D eigenvalue weighted by Gasteiger charge is 2.23. The van der Waals surface area contributed by atoms with Gasteiger partial charge in [-0.15, -0.1) is 0 Å². The zero-order valence-electron chi connectivity index (χ0n) is 12.7. The second-order valence-electron chi connectivity index (χ2n) is 5.46. The molecular formula is C16H21FN2O3.